The molecule has 2 N–H and O–H groups in total. The van der Waals surface area contributed by atoms with Crippen molar-refractivity contribution >= 4 is 10.0 Å². The van der Waals surface area contributed by atoms with Crippen LogP contribution in [0.2, 0.25) is 0 Å². The Bertz CT molecular complexity index is 172. The summed E-state index contributed by atoms with van der Waals surface area (Å²) in [7, 11) is -3.15. The highest BCUT2D eigenvalue weighted by molar-refractivity contribution is 7.89. The first-order valence-corrected chi connectivity index (χ1v) is 4.87. The smallest absolute Gasteiger partial charge is 0.226 e. The molecule has 0 amide bonds. The van der Waals surface area contributed by atoms with Crippen molar-refractivity contribution in [3.63, 3.8) is 0 Å². The van der Waals surface area contributed by atoms with Crippen LogP contribution in [-0.2, 0) is 10.0 Å². The van der Waals surface area contributed by atoms with Crippen LogP contribution in [-0.4, -0.2) is 31.7 Å². The Hall–Kier alpha value is -0.130. The molecule has 10 heavy (non-hydrogen) atoms. The van der Waals surface area contributed by atoms with E-state index in [1.807, 2.05) is 0 Å². The molecule has 0 aromatic rings. The first kappa shape index (κ1) is 9.87. The highest BCUT2D eigenvalue weighted by Gasteiger charge is 2.14. The van der Waals surface area contributed by atoms with Gasteiger partial charge in [0.05, 0.1) is 0 Å². The fourth-order valence-electron chi connectivity index (χ4n) is 0.722. The van der Waals surface area contributed by atoms with E-state index in [0.29, 0.717) is 13.1 Å². The van der Waals surface area contributed by atoms with Gasteiger partial charge in [-0.3, -0.25) is 0 Å². The summed E-state index contributed by atoms with van der Waals surface area (Å²) in [5.74, 6) is -0.297. The van der Waals surface area contributed by atoms with Crippen LogP contribution in [0, 0.1) is 0 Å². The third-order valence-electron chi connectivity index (χ3n) is 1.31. The second kappa shape index (κ2) is 3.90. The SMILES string of the molecule is CCN(CC)S(=O)(=O)CN. The second-order valence-corrected chi connectivity index (χ2v) is 3.88. The lowest BCUT2D eigenvalue weighted by Crippen LogP contribution is -2.35. The molecule has 0 aliphatic carbocycles. The quantitative estimate of drug-likeness (QED) is 0.616. The van der Waals surface area contributed by atoms with Gasteiger partial charge >= 0.3 is 0 Å². The van der Waals surface area contributed by atoms with Gasteiger partial charge in [-0.15, -0.1) is 0 Å². The molecule has 0 aliphatic heterocycles. The molecule has 0 bridgehead atoms. The van der Waals surface area contributed by atoms with Gasteiger partial charge < -0.3 is 5.73 Å². The Kier molecular flexibility index (Phi) is 3.85. The summed E-state index contributed by atoms with van der Waals surface area (Å²) >= 11 is 0. The van der Waals surface area contributed by atoms with Crippen LogP contribution >= 0.6 is 0 Å². The van der Waals surface area contributed by atoms with Gasteiger partial charge in [0.2, 0.25) is 10.0 Å². The van der Waals surface area contributed by atoms with Crippen LogP contribution in [0.25, 0.3) is 0 Å². The van der Waals surface area contributed by atoms with E-state index < -0.39 is 10.0 Å². The summed E-state index contributed by atoms with van der Waals surface area (Å²) in [6.45, 7) is 4.57. The summed E-state index contributed by atoms with van der Waals surface area (Å²) in [6.07, 6.45) is 0. The first-order chi connectivity index (χ1) is 4.58. The predicted molar refractivity (Wildman–Crippen MR) is 40.9 cm³/mol. The molecule has 0 aromatic carbocycles. The monoisotopic (exact) mass is 166 g/mol. The van der Waals surface area contributed by atoms with E-state index in [1.54, 1.807) is 13.8 Å². The zero-order chi connectivity index (χ0) is 8.20. The van der Waals surface area contributed by atoms with Crippen LogP contribution in [0.15, 0.2) is 0 Å². The Balaban J connectivity index is 4.28. The lowest BCUT2D eigenvalue weighted by Gasteiger charge is -2.16. The molecular weight excluding hydrogens is 152 g/mol. The van der Waals surface area contributed by atoms with Crippen molar-refractivity contribution in [2.75, 3.05) is 19.0 Å². The molecule has 4 nitrogen and oxygen atoms in total. The highest BCUT2D eigenvalue weighted by atomic mass is 32.2. The summed E-state index contributed by atoms with van der Waals surface area (Å²) < 4.78 is 23.3. The normalized spacial score (nSPS) is 12.4. The fraction of sp³-hybridized carbons (Fsp3) is 1.00. The minimum absolute atomic E-state index is 0.297. The average Bonchev–Trinajstić information content (AvgIpc) is 1.90. The summed E-state index contributed by atoms with van der Waals surface area (Å²) in [5.41, 5.74) is 5.03. The van der Waals surface area contributed by atoms with Crippen LogP contribution in [0.1, 0.15) is 13.8 Å². The van der Waals surface area contributed by atoms with Gasteiger partial charge in [-0.25, -0.2) is 12.7 Å². The van der Waals surface area contributed by atoms with Crippen LogP contribution < -0.4 is 5.73 Å². The van der Waals surface area contributed by atoms with E-state index >= 15 is 0 Å². The Morgan fingerprint density at radius 1 is 1.30 bits per heavy atom. The maximum Gasteiger partial charge on any atom is 0.226 e. The zero-order valence-corrected chi connectivity index (χ0v) is 7.19. The Morgan fingerprint density at radius 3 is 1.80 bits per heavy atom. The van der Waals surface area contributed by atoms with Gasteiger partial charge in [0.1, 0.15) is 5.88 Å². The predicted octanol–water partition coefficient (Wildman–Crippen LogP) is -0.426. The molecule has 0 spiro atoms. The number of hydrogen-bond donors (Lipinski definition) is 1. The number of sulfonamides is 1. The number of nitrogens with two attached hydrogens (primary N) is 1. The molecule has 0 aromatic heterocycles. The molecule has 0 saturated heterocycles. The Morgan fingerprint density at radius 2 is 1.70 bits per heavy atom. The van der Waals surface area contributed by atoms with E-state index in [0.717, 1.165) is 0 Å². The van der Waals surface area contributed by atoms with Gasteiger partial charge in [-0.1, -0.05) is 13.8 Å². The van der Waals surface area contributed by atoms with E-state index in [-0.39, 0.29) is 5.88 Å². The number of rotatable bonds is 4. The van der Waals surface area contributed by atoms with Crippen molar-refractivity contribution in [2.24, 2.45) is 5.73 Å². The molecule has 0 atom stereocenters. The zero-order valence-electron chi connectivity index (χ0n) is 6.37. The number of hydrogen-bond acceptors (Lipinski definition) is 3. The minimum Gasteiger partial charge on any atom is -0.317 e. The molecule has 0 fully saturated rings. The molecule has 0 heterocycles. The molecule has 0 rings (SSSR count). The van der Waals surface area contributed by atoms with Crippen LogP contribution in [0.4, 0.5) is 0 Å². The molecule has 62 valence electrons. The molecular formula is C5H14N2O2S. The molecule has 0 radical (unpaired) electrons. The maximum atomic E-state index is 11.0. The fourth-order valence-corrected chi connectivity index (χ4v) is 1.72. The average molecular weight is 166 g/mol. The lowest BCUT2D eigenvalue weighted by molar-refractivity contribution is 0.445. The third-order valence-corrected chi connectivity index (χ3v) is 3.03. The van der Waals surface area contributed by atoms with Gasteiger partial charge in [0, 0.05) is 13.1 Å². The first-order valence-electron chi connectivity index (χ1n) is 3.26. The van der Waals surface area contributed by atoms with E-state index in [9.17, 15) is 8.42 Å². The van der Waals surface area contributed by atoms with Crippen molar-refractivity contribution < 1.29 is 8.42 Å². The van der Waals surface area contributed by atoms with Gasteiger partial charge in [0.25, 0.3) is 0 Å². The molecule has 5 heteroatoms. The van der Waals surface area contributed by atoms with Crippen LogP contribution in [0.3, 0.4) is 0 Å². The Labute approximate surface area is 62.1 Å². The summed E-state index contributed by atoms with van der Waals surface area (Å²) in [5, 5.41) is 0. The third kappa shape index (κ3) is 2.24. The van der Waals surface area contributed by atoms with Crippen molar-refractivity contribution in [3.8, 4) is 0 Å². The van der Waals surface area contributed by atoms with Crippen molar-refractivity contribution in [1.29, 1.82) is 0 Å². The topological polar surface area (TPSA) is 63.4 Å². The second-order valence-electron chi connectivity index (χ2n) is 1.86. The van der Waals surface area contributed by atoms with Gasteiger partial charge in [-0.05, 0) is 0 Å². The minimum atomic E-state index is -3.15. The maximum absolute atomic E-state index is 11.0. The standard InChI is InChI=1S/C5H14N2O2S/c1-3-7(4-2)10(8,9)5-6/h3-6H2,1-2H3. The van der Waals surface area contributed by atoms with Crippen molar-refractivity contribution in [3.05, 3.63) is 0 Å². The molecule has 0 unspecified atom stereocenters. The van der Waals surface area contributed by atoms with Gasteiger partial charge in [-0.2, -0.15) is 0 Å². The lowest BCUT2D eigenvalue weighted by atomic mass is 10.7. The molecule has 0 saturated carbocycles. The van der Waals surface area contributed by atoms with E-state index in [1.165, 1.54) is 4.31 Å². The van der Waals surface area contributed by atoms with E-state index in [4.69, 9.17) is 5.73 Å². The number of nitrogens with zero attached hydrogens (tertiary/aromatic N) is 1. The van der Waals surface area contributed by atoms with Crippen molar-refractivity contribution in [1.82, 2.24) is 4.31 Å². The largest absolute Gasteiger partial charge is 0.317 e. The van der Waals surface area contributed by atoms with Crippen molar-refractivity contribution in [2.45, 2.75) is 13.8 Å². The summed E-state index contributed by atoms with van der Waals surface area (Å²) in [6, 6.07) is 0. The van der Waals surface area contributed by atoms with Crippen LogP contribution in [0.5, 0.6) is 0 Å². The highest BCUT2D eigenvalue weighted by Crippen LogP contribution is 1.96. The van der Waals surface area contributed by atoms with E-state index in [2.05, 4.69) is 0 Å². The molecule has 0 aliphatic rings. The summed E-state index contributed by atoms with van der Waals surface area (Å²) in [4.78, 5) is 0. The van der Waals surface area contributed by atoms with Gasteiger partial charge in [0.15, 0.2) is 0 Å².